The summed E-state index contributed by atoms with van der Waals surface area (Å²) in [5.41, 5.74) is 2.32. The molecule has 0 aliphatic carbocycles. The van der Waals surface area contributed by atoms with Crippen LogP contribution in [0.15, 0.2) is 24.3 Å². The molecule has 2 atom stereocenters. The molecule has 1 saturated heterocycles. The van der Waals surface area contributed by atoms with Crippen LogP contribution in [0.5, 0.6) is 0 Å². The van der Waals surface area contributed by atoms with Gasteiger partial charge in [-0.15, -0.1) is 11.6 Å². The maximum absolute atomic E-state index is 12.0. The quantitative estimate of drug-likeness (QED) is 0.800. The van der Waals surface area contributed by atoms with Crippen LogP contribution in [0.25, 0.3) is 0 Å². The Morgan fingerprint density at radius 2 is 1.94 bits per heavy atom. The third-order valence-electron chi connectivity index (χ3n) is 3.58. The largest absolute Gasteiger partial charge is 0.228 e. The van der Waals surface area contributed by atoms with Crippen LogP contribution in [-0.4, -0.2) is 24.8 Å². The third-order valence-corrected chi connectivity index (χ3v) is 6.54. The van der Waals surface area contributed by atoms with Crippen LogP contribution in [0, 0.1) is 6.92 Å². The van der Waals surface area contributed by atoms with Crippen molar-refractivity contribution in [1.82, 2.24) is 0 Å². The third kappa shape index (κ3) is 3.27. The molecule has 4 heteroatoms. The normalized spacial score (nSPS) is 24.7. The highest BCUT2D eigenvalue weighted by atomic mass is 35.5. The number of hydrogen-bond donors (Lipinski definition) is 0. The predicted molar refractivity (Wildman–Crippen MR) is 75.9 cm³/mol. The van der Waals surface area contributed by atoms with Crippen LogP contribution >= 0.6 is 11.6 Å². The van der Waals surface area contributed by atoms with Gasteiger partial charge in [0.1, 0.15) is 0 Å². The smallest absolute Gasteiger partial charge is 0.154 e. The molecule has 0 bridgehead atoms. The van der Waals surface area contributed by atoms with E-state index in [1.54, 1.807) is 0 Å². The van der Waals surface area contributed by atoms with E-state index in [0.717, 1.165) is 18.4 Å². The second kappa shape index (κ2) is 5.62. The van der Waals surface area contributed by atoms with Crippen LogP contribution in [0.1, 0.15) is 30.4 Å². The Labute approximate surface area is 114 Å². The summed E-state index contributed by atoms with van der Waals surface area (Å²) in [5, 5.41) is -0.674. The van der Waals surface area contributed by atoms with Crippen LogP contribution < -0.4 is 0 Å². The summed E-state index contributed by atoms with van der Waals surface area (Å²) in [4.78, 5) is 0. The van der Waals surface area contributed by atoms with E-state index < -0.39 is 9.84 Å². The molecule has 0 N–H and O–H groups in total. The highest BCUT2D eigenvalue weighted by Crippen LogP contribution is 2.27. The number of aryl methyl sites for hydroxylation is 1. The molecule has 2 rings (SSSR count). The first kappa shape index (κ1) is 13.9. The van der Waals surface area contributed by atoms with Crippen molar-refractivity contribution in [3.63, 3.8) is 0 Å². The molecule has 0 spiro atoms. The molecule has 0 radical (unpaired) electrons. The Morgan fingerprint density at radius 1 is 1.28 bits per heavy atom. The van der Waals surface area contributed by atoms with Crippen molar-refractivity contribution >= 4 is 21.4 Å². The summed E-state index contributed by atoms with van der Waals surface area (Å²) < 4.78 is 24.0. The molecule has 0 amide bonds. The molecule has 1 aromatic rings. The highest BCUT2D eigenvalue weighted by molar-refractivity contribution is 7.92. The van der Waals surface area contributed by atoms with Gasteiger partial charge in [0.2, 0.25) is 0 Å². The highest BCUT2D eigenvalue weighted by Gasteiger charge is 2.34. The summed E-state index contributed by atoms with van der Waals surface area (Å²) in [7, 11) is -2.98. The molecule has 2 nitrogen and oxygen atoms in total. The van der Waals surface area contributed by atoms with Gasteiger partial charge in [0.05, 0.1) is 16.4 Å². The molecule has 100 valence electrons. The van der Waals surface area contributed by atoms with Crippen molar-refractivity contribution in [3.8, 4) is 0 Å². The van der Waals surface area contributed by atoms with E-state index in [1.165, 1.54) is 5.56 Å². The monoisotopic (exact) mass is 286 g/mol. The first-order valence-electron chi connectivity index (χ1n) is 6.40. The van der Waals surface area contributed by atoms with Gasteiger partial charge in [-0.25, -0.2) is 8.42 Å². The molecular formula is C14H19ClO2S. The van der Waals surface area contributed by atoms with Crippen LogP contribution in [-0.2, 0) is 16.3 Å². The number of rotatable bonds is 3. The van der Waals surface area contributed by atoms with Gasteiger partial charge >= 0.3 is 0 Å². The van der Waals surface area contributed by atoms with Crippen molar-refractivity contribution in [2.24, 2.45) is 0 Å². The molecule has 1 aliphatic heterocycles. The number of hydrogen-bond acceptors (Lipinski definition) is 2. The Balaban J connectivity index is 2.07. The van der Waals surface area contributed by atoms with Gasteiger partial charge in [0.15, 0.2) is 9.84 Å². The molecule has 2 unspecified atom stereocenters. The lowest BCUT2D eigenvalue weighted by Crippen LogP contribution is -2.36. The van der Waals surface area contributed by atoms with Gasteiger partial charge in [-0.3, -0.25) is 0 Å². The van der Waals surface area contributed by atoms with E-state index in [0.29, 0.717) is 18.6 Å². The Bertz CT molecular complexity index is 493. The minimum atomic E-state index is -2.98. The minimum Gasteiger partial charge on any atom is -0.228 e. The van der Waals surface area contributed by atoms with Crippen molar-refractivity contribution in [2.45, 2.75) is 43.2 Å². The van der Waals surface area contributed by atoms with Gasteiger partial charge < -0.3 is 0 Å². The average Bonchev–Trinajstić information content (AvgIpc) is 2.31. The topological polar surface area (TPSA) is 34.1 Å². The van der Waals surface area contributed by atoms with Gasteiger partial charge in [0, 0.05) is 0 Å². The second-order valence-corrected chi connectivity index (χ2v) is 8.01. The van der Waals surface area contributed by atoms with Crippen LogP contribution in [0.2, 0.25) is 0 Å². The zero-order valence-electron chi connectivity index (χ0n) is 10.6. The zero-order valence-corrected chi connectivity index (χ0v) is 12.2. The lowest BCUT2D eigenvalue weighted by Gasteiger charge is -2.26. The Hall–Kier alpha value is -0.540. The van der Waals surface area contributed by atoms with Gasteiger partial charge in [-0.1, -0.05) is 36.2 Å². The molecule has 1 heterocycles. The van der Waals surface area contributed by atoms with E-state index in [2.05, 4.69) is 0 Å². The lowest BCUT2D eigenvalue weighted by molar-refractivity contribution is 0.529. The number of sulfone groups is 1. The summed E-state index contributed by atoms with van der Waals surface area (Å²) >= 11 is 6.34. The SMILES string of the molecule is Cc1ccc(CC(Cl)C2CCCCS2(=O)=O)cc1. The van der Waals surface area contributed by atoms with Crippen LogP contribution in [0.4, 0.5) is 0 Å². The van der Waals surface area contributed by atoms with Crippen molar-refractivity contribution < 1.29 is 8.42 Å². The van der Waals surface area contributed by atoms with E-state index >= 15 is 0 Å². The maximum Gasteiger partial charge on any atom is 0.154 e. The van der Waals surface area contributed by atoms with Crippen molar-refractivity contribution in [2.75, 3.05) is 5.75 Å². The molecular weight excluding hydrogens is 268 g/mol. The fourth-order valence-corrected chi connectivity index (χ4v) is 5.22. The molecule has 1 aliphatic rings. The first-order chi connectivity index (χ1) is 8.49. The average molecular weight is 287 g/mol. The first-order valence-corrected chi connectivity index (χ1v) is 8.55. The summed E-state index contributed by atoms with van der Waals surface area (Å²) in [6, 6.07) is 8.13. The second-order valence-electron chi connectivity index (χ2n) is 5.11. The van der Waals surface area contributed by atoms with Gasteiger partial charge in [-0.05, 0) is 31.7 Å². The van der Waals surface area contributed by atoms with Gasteiger partial charge in [0.25, 0.3) is 0 Å². The number of halogens is 1. The van der Waals surface area contributed by atoms with E-state index in [-0.39, 0.29) is 10.6 Å². The fourth-order valence-electron chi connectivity index (χ4n) is 2.47. The summed E-state index contributed by atoms with van der Waals surface area (Å²) in [6.07, 6.45) is 3.10. The van der Waals surface area contributed by atoms with Crippen molar-refractivity contribution in [3.05, 3.63) is 35.4 Å². The lowest BCUT2D eigenvalue weighted by atomic mass is 10.0. The number of alkyl halides is 1. The molecule has 0 saturated carbocycles. The predicted octanol–water partition coefficient (Wildman–Crippen LogP) is 3.11. The van der Waals surface area contributed by atoms with Crippen molar-refractivity contribution in [1.29, 1.82) is 0 Å². The summed E-state index contributed by atoms with van der Waals surface area (Å²) in [6.45, 7) is 2.04. The maximum atomic E-state index is 12.0. The molecule has 0 aromatic heterocycles. The zero-order chi connectivity index (χ0) is 13.2. The van der Waals surface area contributed by atoms with E-state index in [1.807, 2.05) is 31.2 Å². The molecule has 1 aromatic carbocycles. The fraction of sp³-hybridized carbons (Fsp3) is 0.571. The molecule has 18 heavy (non-hydrogen) atoms. The van der Waals surface area contributed by atoms with Gasteiger partial charge in [-0.2, -0.15) is 0 Å². The van der Waals surface area contributed by atoms with E-state index in [9.17, 15) is 8.42 Å². The van der Waals surface area contributed by atoms with E-state index in [4.69, 9.17) is 11.6 Å². The summed E-state index contributed by atoms with van der Waals surface area (Å²) in [5.74, 6) is 0.300. The van der Waals surface area contributed by atoms with Crippen LogP contribution in [0.3, 0.4) is 0 Å². The Kier molecular flexibility index (Phi) is 4.33. The standard InChI is InChI=1S/C14H19ClO2S/c1-11-5-7-12(8-6-11)10-13(15)14-4-2-3-9-18(14,16)17/h5-8,13-14H,2-4,9-10H2,1H3. The molecule has 1 fully saturated rings. The number of benzene rings is 1. The Morgan fingerprint density at radius 3 is 2.56 bits per heavy atom. The minimum absolute atomic E-state index is 0.300.